The van der Waals surface area contributed by atoms with Gasteiger partial charge in [-0.3, -0.25) is 0 Å². The maximum atomic E-state index is 10.4. The first-order valence-corrected chi connectivity index (χ1v) is 7.52. The van der Waals surface area contributed by atoms with Crippen LogP contribution >= 0.6 is 0 Å². The molecule has 4 heteroatoms. The van der Waals surface area contributed by atoms with Gasteiger partial charge in [-0.05, 0) is 31.1 Å². The Labute approximate surface area is 117 Å². The van der Waals surface area contributed by atoms with Crippen LogP contribution in [0.1, 0.15) is 37.7 Å². The largest absolute Gasteiger partial charge is 0.393 e. The lowest BCUT2D eigenvalue weighted by molar-refractivity contribution is 0.0970. The van der Waals surface area contributed by atoms with Gasteiger partial charge in [0.2, 0.25) is 0 Å². The highest BCUT2D eigenvalue weighted by Gasteiger charge is 2.25. The zero-order chi connectivity index (χ0) is 13.5. The van der Waals surface area contributed by atoms with Crippen LogP contribution in [0.3, 0.4) is 0 Å². The number of fused-ring (bicyclic) bond motifs is 3. The molecule has 20 heavy (non-hydrogen) atoms. The second-order valence-corrected chi connectivity index (χ2v) is 6.10. The third-order valence-corrected chi connectivity index (χ3v) is 4.78. The number of aliphatic hydroxyl groups is 1. The number of allylic oxidation sites excluding steroid dienone is 1. The molecule has 0 saturated heterocycles. The lowest BCUT2D eigenvalue weighted by Gasteiger charge is -2.21. The van der Waals surface area contributed by atoms with E-state index in [1.165, 1.54) is 36.5 Å². The molecular formula is C16H19N3O. The summed E-state index contributed by atoms with van der Waals surface area (Å²) in [5.41, 5.74) is 2.26. The maximum absolute atomic E-state index is 10.4. The van der Waals surface area contributed by atoms with Gasteiger partial charge in [-0.2, -0.15) is 0 Å². The Bertz CT molecular complexity index is 697. The maximum Gasteiger partial charge on any atom is 0.0941 e. The zero-order valence-electron chi connectivity index (χ0n) is 11.4. The van der Waals surface area contributed by atoms with E-state index in [0.29, 0.717) is 11.8 Å². The molecule has 0 aliphatic heterocycles. The van der Waals surface area contributed by atoms with Gasteiger partial charge in [0, 0.05) is 17.0 Å². The normalized spacial score (nSPS) is 23.9. The summed E-state index contributed by atoms with van der Waals surface area (Å²) in [6.07, 6.45) is 16.0. The summed E-state index contributed by atoms with van der Waals surface area (Å²) in [5, 5.41) is 19.6. The van der Waals surface area contributed by atoms with Crippen molar-refractivity contribution in [3.63, 3.8) is 0 Å². The van der Waals surface area contributed by atoms with Crippen LogP contribution in [-0.4, -0.2) is 26.0 Å². The van der Waals surface area contributed by atoms with Crippen molar-refractivity contribution in [2.75, 3.05) is 0 Å². The molecule has 2 aliphatic carbocycles. The van der Waals surface area contributed by atoms with E-state index in [1.54, 1.807) is 6.20 Å². The number of aliphatic hydroxyl groups excluding tert-OH is 1. The predicted octanol–water partition coefficient (Wildman–Crippen LogP) is 1.81. The average Bonchev–Trinajstić information content (AvgIpc) is 3.15. The Balaban J connectivity index is 1.59. The second-order valence-electron chi connectivity index (χ2n) is 6.10. The van der Waals surface area contributed by atoms with Crippen molar-refractivity contribution in [3.8, 4) is 0 Å². The molecule has 0 spiro atoms. The summed E-state index contributed by atoms with van der Waals surface area (Å²) in [4.78, 5) is 0. The van der Waals surface area contributed by atoms with Crippen LogP contribution in [0.5, 0.6) is 0 Å². The van der Waals surface area contributed by atoms with E-state index < -0.39 is 0 Å². The van der Waals surface area contributed by atoms with Crippen LogP contribution in [0.15, 0.2) is 18.5 Å². The number of nitrogens with zero attached hydrogens (tertiary/aromatic N) is 3. The fourth-order valence-electron chi connectivity index (χ4n) is 3.65. The number of aromatic nitrogens is 3. The lowest BCUT2D eigenvalue weighted by Crippen LogP contribution is -2.22. The molecule has 1 N–H and O–H groups in total. The van der Waals surface area contributed by atoms with Crippen molar-refractivity contribution in [3.05, 3.63) is 29.3 Å². The Morgan fingerprint density at radius 1 is 1.35 bits per heavy atom. The van der Waals surface area contributed by atoms with Crippen molar-refractivity contribution in [2.45, 2.75) is 38.2 Å². The molecular weight excluding hydrogens is 250 g/mol. The number of hydrogen-bond acceptors (Lipinski definition) is 3. The quantitative estimate of drug-likeness (QED) is 0.924. The fourth-order valence-corrected chi connectivity index (χ4v) is 3.65. The highest BCUT2D eigenvalue weighted by atomic mass is 16.3. The second kappa shape index (κ2) is 4.70. The van der Waals surface area contributed by atoms with Crippen LogP contribution < -0.4 is 5.22 Å². The summed E-state index contributed by atoms with van der Waals surface area (Å²) in [7, 11) is 0. The molecule has 104 valence electrons. The first-order valence-electron chi connectivity index (χ1n) is 7.52. The SMILES string of the molecule is OC(CC1C=Cc2cn3nncc3c2=C1)C1CCCC1. The molecule has 2 atom stereocenters. The smallest absolute Gasteiger partial charge is 0.0941 e. The van der Waals surface area contributed by atoms with Crippen molar-refractivity contribution in [2.24, 2.45) is 11.8 Å². The molecule has 2 aliphatic rings. The van der Waals surface area contributed by atoms with E-state index >= 15 is 0 Å². The van der Waals surface area contributed by atoms with E-state index in [1.807, 2.05) is 10.7 Å². The van der Waals surface area contributed by atoms with Gasteiger partial charge in [0.25, 0.3) is 0 Å². The van der Waals surface area contributed by atoms with Crippen molar-refractivity contribution in [1.82, 2.24) is 14.8 Å². The first kappa shape index (κ1) is 12.1. The minimum atomic E-state index is -0.168. The molecule has 0 amide bonds. The average molecular weight is 269 g/mol. The predicted molar refractivity (Wildman–Crippen MR) is 77.8 cm³/mol. The fraction of sp³-hybridized carbons (Fsp3) is 0.500. The van der Waals surface area contributed by atoms with Gasteiger partial charge >= 0.3 is 0 Å². The molecule has 1 saturated carbocycles. The van der Waals surface area contributed by atoms with Gasteiger partial charge in [-0.25, -0.2) is 4.52 Å². The van der Waals surface area contributed by atoms with Gasteiger partial charge in [-0.1, -0.05) is 36.3 Å². The highest BCUT2D eigenvalue weighted by Crippen LogP contribution is 2.31. The first-order chi connectivity index (χ1) is 9.81. The van der Waals surface area contributed by atoms with Gasteiger partial charge in [0.1, 0.15) is 0 Å². The summed E-state index contributed by atoms with van der Waals surface area (Å²) < 4.78 is 1.82. The lowest BCUT2D eigenvalue weighted by atomic mass is 9.89. The van der Waals surface area contributed by atoms with E-state index in [-0.39, 0.29) is 6.10 Å². The Kier molecular flexibility index (Phi) is 2.84. The molecule has 0 bridgehead atoms. The molecule has 2 aromatic heterocycles. The third-order valence-electron chi connectivity index (χ3n) is 4.78. The van der Waals surface area contributed by atoms with Crippen molar-refractivity contribution >= 4 is 17.7 Å². The minimum Gasteiger partial charge on any atom is -0.393 e. The Morgan fingerprint density at radius 2 is 2.20 bits per heavy atom. The van der Waals surface area contributed by atoms with Crippen LogP contribution in [0, 0.1) is 11.8 Å². The van der Waals surface area contributed by atoms with E-state index in [2.05, 4.69) is 28.5 Å². The molecule has 4 nitrogen and oxygen atoms in total. The number of hydrogen-bond donors (Lipinski definition) is 1. The van der Waals surface area contributed by atoms with Crippen molar-refractivity contribution in [1.29, 1.82) is 0 Å². The zero-order valence-corrected chi connectivity index (χ0v) is 11.4. The van der Waals surface area contributed by atoms with Gasteiger partial charge in [-0.15, -0.1) is 5.10 Å². The summed E-state index contributed by atoms with van der Waals surface area (Å²) >= 11 is 0. The summed E-state index contributed by atoms with van der Waals surface area (Å²) in [6.45, 7) is 0. The molecule has 2 heterocycles. The summed E-state index contributed by atoms with van der Waals surface area (Å²) in [5.74, 6) is 0.828. The van der Waals surface area contributed by atoms with Crippen molar-refractivity contribution < 1.29 is 5.11 Å². The summed E-state index contributed by atoms with van der Waals surface area (Å²) in [6, 6.07) is 0. The highest BCUT2D eigenvalue weighted by molar-refractivity contribution is 5.67. The van der Waals surface area contributed by atoms with Gasteiger partial charge < -0.3 is 5.11 Å². The number of rotatable bonds is 3. The molecule has 0 aromatic carbocycles. The molecule has 4 rings (SSSR count). The van der Waals surface area contributed by atoms with Gasteiger partial charge in [0.05, 0.1) is 17.8 Å². The molecule has 2 unspecified atom stereocenters. The molecule has 1 fully saturated rings. The molecule has 0 radical (unpaired) electrons. The van der Waals surface area contributed by atoms with E-state index in [0.717, 1.165) is 11.9 Å². The van der Waals surface area contributed by atoms with Crippen LogP contribution in [-0.2, 0) is 0 Å². The molecule has 2 aromatic rings. The van der Waals surface area contributed by atoms with Crippen LogP contribution in [0.25, 0.3) is 17.7 Å². The monoisotopic (exact) mass is 269 g/mol. The third kappa shape index (κ3) is 1.95. The van der Waals surface area contributed by atoms with E-state index in [4.69, 9.17) is 0 Å². The van der Waals surface area contributed by atoms with Gasteiger partial charge in [0.15, 0.2) is 0 Å². The topological polar surface area (TPSA) is 50.4 Å². The van der Waals surface area contributed by atoms with Crippen LogP contribution in [0.4, 0.5) is 0 Å². The minimum absolute atomic E-state index is 0.168. The van der Waals surface area contributed by atoms with Crippen LogP contribution in [0.2, 0.25) is 0 Å². The standard InChI is InChI=1S/C16H19N3O/c20-16(12-3-1-2-4-12)8-11-5-6-13-10-19-15(9-17-18-19)14(13)7-11/h5-7,9-12,16,20H,1-4,8H2. The Hall–Kier alpha value is -1.68. The Morgan fingerprint density at radius 3 is 3.05 bits per heavy atom. The van der Waals surface area contributed by atoms with E-state index in [9.17, 15) is 5.11 Å².